The molecule has 0 bridgehead atoms. The molecule has 0 N–H and O–H groups in total. The number of pyridine rings is 1. The summed E-state index contributed by atoms with van der Waals surface area (Å²) in [7, 11) is 2.83. The summed E-state index contributed by atoms with van der Waals surface area (Å²) < 4.78 is 6.11. The minimum Gasteiger partial charge on any atom is -0.453 e. The zero-order chi connectivity index (χ0) is 15.9. The van der Waals surface area contributed by atoms with Gasteiger partial charge in [-0.05, 0) is 25.0 Å². The Morgan fingerprint density at radius 3 is 2.73 bits per heavy atom. The first-order chi connectivity index (χ1) is 10.6. The summed E-state index contributed by atoms with van der Waals surface area (Å²) in [6, 6.07) is 5.78. The molecule has 0 radical (unpaired) electrons. The van der Waals surface area contributed by atoms with Gasteiger partial charge in [0.15, 0.2) is 0 Å². The fraction of sp³-hybridized carbons (Fsp3) is 0.562. The van der Waals surface area contributed by atoms with Crippen LogP contribution in [0.1, 0.15) is 36.9 Å². The van der Waals surface area contributed by atoms with Gasteiger partial charge in [-0.2, -0.15) is 0 Å². The lowest BCUT2D eigenvalue weighted by molar-refractivity contribution is 0.0827. The molecule has 0 aliphatic heterocycles. The van der Waals surface area contributed by atoms with Crippen LogP contribution in [0.15, 0.2) is 29.4 Å². The molecule has 0 atom stereocenters. The van der Waals surface area contributed by atoms with Gasteiger partial charge >= 0.3 is 6.09 Å². The summed E-state index contributed by atoms with van der Waals surface area (Å²) in [6.07, 6.45) is 6.96. The number of hydrogen-bond acceptors (Lipinski definition) is 4. The minimum absolute atomic E-state index is 0.0471. The molecule has 6 nitrogen and oxygen atoms in total. The maximum absolute atomic E-state index is 12.4. The van der Waals surface area contributed by atoms with E-state index in [4.69, 9.17) is 4.99 Å². The second-order valence-corrected chi connectivity index (χ2v) is 5.57. The van der Waals surface area contributed by atoms with E-state index < -0.39 is 6.09 Å². The number of carbonyl (C=O) groups is 2. The van der Waals surface area contributed by atoms with Crippen LogP contribution in [0.4, 0.5) is 4.79 Å². The molecule has 0 spiro atoms. The minimum atomic E-state index is -0.532. The monoisotopic (exact) mass is 305 g/mol. The SMILES string of the molecule is COC(=O)N(C)CC(=O)n1ccccc1=NC1CCCCC1. The van der Waals surface area contributed by atoms with Crippen LogP contribution in [0.2, 0.25) is 0 Å². The molecule has 1 fully saturated rings. The Kier molecular flexibility index (Phi) is 5.75. The van der Waals surface area contributed by atoms with Gasteiger partial charge < -0.3 is 9.64 Å². The number of carbonyl (C=O) groups excluding carboxylic acids is 2. The summed E-state index contributed by atoms with van der Waals surface area (Å²) in [6.45, 7) is -0.0471. The third-order valence-corrected chi connectivity index (χ3v) is 3.86. The van der Waals surface area contributed by atoms with E-state index in [-0.39, 0.29) is 18.5 Å². The highest BCUT2D eigenvalue weighted by Crippen LogP contribution is 2.19. The van der Waals surface area contributed by atoms with Crippen molar-refractivity contribution in [1.29, 1.82) is 0 Å². The molecule has 1 aromatic rings. The third-order valence-electron chi connectivity index (χ3n) is 3.86. The van der Waals surface area contributed by atoms with Gasteiger partial charge in [0.05, 0.1) is 13.2 Å². The molecular weight excluding hydrogens is 282 g/mol. The lowest BCUT2D eigenvalue weighted by atomic mass is 9.96. The second-order valence-electron chi connectivity index (χ2n) is 5.57. The molecule has 120 valence electrons. The first kappa shape index (κ1) is 16.3. The standard InChI is InChI=1S/C16H23N3O3/c1-18(16(21)22-2)12-15(20)19-11-7-6-10-14(19)17-13-8-4-3-5-9-13/h6-7,10-11,13H,3-5,8-9,12H2,1-2H3. The number of aromatic nitrogens is 1. The zero-order valence-corrected chi connectivity index (χ0v) is 13.2. The Hall–Kier alpha value is -2.11. The second kappa shape index (κ2) is 7.77. The molecule has 0 unspecified atom stereocenters. The molecule has 6 heteroatoms. The molecule has 1 amide bonds. The van der Waals surface area contributed by atoms with Crippen LogP contribution in [0.25, 0.3) is 0 Å². The fourth-order valence-corrected chi connectivity index (χ4v) is 2.65. The van der Waals surface area contributed by atoms with Gasteiger partial charge in [-0.3, -0.25) is 14.4 Å². The number of hydrogen-bond donors (Lipinski definition) is 0. The number of amides is 1. The van der Waals surface area contributed by atoms with E-state index in [9.17, 15) is 9.59 Å². The third kappa shape index (κ3) is 4.19. The quantitative estimate of drug-likeness (QED) is 0.858. The van der Waals surface area contributed by atoms with Crippen LogP contribution < -0.4 is 5.49 Å². The maximum Gasteiger partial charge on any atom is 0.409 e. The van der Waals surface area contributed by atoms with Gasteiger partial charge in [0, 0.05) is 13.2 Å². The molecule has 1 saturated carbocycles. The Bertz CT molecular complexity index is 588. The Labute approximate surface area is 130 Å². The normalized spacial score (nSPS) is 16.4. The fourth-order valence-electron chi connectivity index (χ4n) is 2.65. The van der Waals surface area contributed by atoms with E-state index in [0.717, 1.165) is 12.8 Å². The Morgan fingerprint density at radius 1 is 1.32 bits per heavy atom. The van der Waals surface area contributed by atoms with Crippen molar-refractivity contribution in [3.8, 4) is 0 Å². The van der Waals surface area contributed by atoms with Crippen LogP contribution in [0.3, 0.4) is 0 Å². The van der Waals surface area contributed by atoms with E-state index >= 15 is 0 Å². The van der Waals surface area contributed by atoms with E-state index in [0.29, 0.717) is 5.49 Å². The number of ether oxygens (including phenoxy) is 1. The average molecular weight is 305 g/mol. The summed E-state index contributed by atoms with van der Waals surface area (Å²) in [4.78, 5) is 29.8. The van der Waals surface area contributed by atoms with Crippen LogP contribution in [0, 0.1) is 0 Å². The highest BCUT2D eigenvalue weighted by atomic mass is 16.5. The van der Waals surface area contributed by atoms with E-state index in [1.165, 1.54) is 42.9 Å². The average Bonchev–Trinajstić information content (AvgIpc) is 2.55. The van der Waals surface area contributed by atoms with Gasteiger partial charge in [-0.25, -0.2) is 4.79 Å². The molecule has 1 aromatic heterocycles. The molecule has 22 heavy (non-hydrogen) atoms. The zero-order valence-electron chi connectivity index (χ0n) is 13.2. The van der Waals surface area contributed by atoms with Crippen molar-refractivity contribution in [2.75, 3.05) is 20.7 Å². The topological polar surface area (TPSA) is 63.9 Å². The molecule has 2 rings (SSSR count). The van der Waals surface area contributed by atoms with Crippen LogP contribution in [-0.4, -0.2) is 48.2 Å². The van der Waals surface area contributed by atoms with Crippen LogP contribution >= 0.6 is 0 Å². The molecule has 1 aliphatic carbocycles. The molecule has 0 aromatic carbocycles. The van der Waals surface area contributed by atoms with E-state index in [2.05, 4.69) is 4.74 Å². The van der Waals surface area contributed by atoms with Gasteiger partial charge in [0.2, 0.25) is 0 Å². The molecule has 1 heterocycles. The number of methoxy groups -OCH3 is 1. The first-order valence-electron chi connectivity index (χ1n) is 7.65. The van der Waals surface area contributed by atoms with Crippen molar-refractivity contribution in [3.05, 3.63) is 29.9 Å². The van der Waals surface area contributed by atoms with Crippen molar-refractivity contribution < 1.29 is 14.3 Å². The van der Waals surface area contributed by atoms with Crippen LogP contribution in [-0.2, 0) is 4.74 Å². The first-order valence-corrected chi connectivity index (χ1v) is 7.65. The Morgan fingerprint density at radius 2 is 2.05 bits per heavy atom. The van der Waals surface area contributed by atoms with Crippen molar-refractivity contribution in [2.45, 2.75) is 38.1 Å². The summed E-state index contributed by atoms with van der Waals surface area (Å²) in [5.41, 5.74) is 0.651. The summed E-state index contributed by atoms with van der Waals surface area (Å²) >= 11 is 0. The predicted octanol–water partition coefficient (Wildman–Crippen LogP) is 2.06. The number of nitrogens with zero attached hydrogens (tertiary/aromatic N) is 3. The van der Waals surface area contributed by atoms with Gasteiger partial charge in [0.1, 0.15) is 12.0 Å². The van der Waals surface area contributed by atoms with Crippen LogP contribution in [0.5, 0.6) is 0 Å². The van der Waals surface area contributed by atoms with Gasteiger partial charge in [0.25, 0.3) is 5.91 Å². The van der Waals surface area contributed by atoms with E-state index in [1.807, 2.05) is 12.1 Å². The molecular formula is C16H23N3O3. The largest absolute Gasteiger partial charge is 0.453 e. The van der Waals surface area contributed by atoms with Gasteiger partial charge in [-0.1, -0.05) is 25.3 Å². The van der Waals surface area contributed by atoms with E-state index in [1.54, 1.807) is 12.3 Å². The van der Waals surface area contributed by atoms with Crippen molar-refractivity contribution in [2.24, 2.45) is 4.99 Å². The highest BCUT2D eigenvalue weighted by Gasteiger charge is 2.16. The van der Waals surface area contributed by atoms with Crippen molar-refractivity contribution >= 4 is 12.0 Å². The summed E-state index contributed by atoms with van der Waals surface area (Å²) in [5, 5.41) is 0. The Balaban J connectivity index is 2.18. The smallest absolute Gasteiger partial charge is 0.409 e. The summed E-state index contributed by atoms with van der Waals surface area (Å²) in [5.74, 6) is -0.206. The molecule has 1 aliphatic rings. The maximum atomic E-state index is 12.4. The number of likely N-dealkylation sites (N-methyl/N-ethyl adjacent to an activating group) is 1. The van der Waals surface area contributed by atoms with Crippen molar-refractivity contribution in [3.63, 3.8) is 0 Å². The lowest BCUT2D eigenvalue weighted by Gasteiger charge is -2.18. The molecule has 0 saturated heterocycles. The lowest BCUT2D eigenvalue weighted by Crippen LogP contribution is -2.38. The predicted molar refractivity (Wildman–Crippen MR) is 82.5 cm³/mol. The highest BCUT2D eigenvalue weighted by molar-refractivity contribution is 5.83. The number of rotatable bonds is 3. The van der Waals surface area contributed by atoms with Crippen molar-refractivity contribution in [1.82, 2.24) is 9.47 Å². The van der Waals surface area contributed by atoms with Gasteiger partial charge in [-0.15, -0.1) is 0 Å².